The predicted molar refractivity (Wildman–Crippen MR) is 131 cm³/mol. The van der Waals surface area contributed by atoms with Crippen molar-refractivity contribution < 1.29 is 0 Å². The highest BCUT2D eigenvalue weighted by molar-refractivity contribution is 6.17. The molecular weight excluding hydrogens is 416 g/mol. The number of fused-ring (bicyclic) bond motifs is 1. The van der Waals surface area contributed by atoms with Gasteiger partial charge in [-0.05, 0) is 80.2 Å². The molecule has 3 heterocycles. The van der Waals surface area contributed by atoms with Gasteiger partial charge >= 0.3 is 0 Å². The van der Waals surface area contributed by atoms with Crippen LogP contribution in [0.15, 0.2) is 66.7 Å². The lowest BCUT2D eigenvalue weighted by Crippen LogP contribution is -2.20. The molecule has 5 heteroatoms. The highest BCUT2D eigenvalue weighted by Crippen LogP contribution is 2.22. The molecule has 4 nitrogen and oxygen atoms in total. The summed E-state index contributed by atoms with van der Waals surface area (Å²) in [5.74, 6) is 1.34. The Morgan fingerprint density at radius 1 is 0.844 bits per heavy atom. The molecule has 0 aliphatic carbocycles. The summed E-state index contributed by atoms with van der Waals surface area (Å²) in [7, 11) is 0. The van der Waals surface area contributed by atoms with Gasteiger partial charge < -0.3 is 4.90 Å². The summed E-state index contributed by atoms with van der Waals surface area (Å²) >= 11 is 6.03. The summed E-state index contributed by atoms with van der Waals surface area (Å²) in [4.78, 5) is 7.36. The fourth-order valence-corrected chi connectivity index (χ4v) is 4.74. The fraction of sp³-hybridized carbons (Fsp3) is 0.333. The van der Waals surface area contributed by atoms with Crippen molar-refractivity contribution in [2.45, 2.75) is 38.0 Å². The van der Waals surface area contributed by atoms with Crippen molar-refractivity contribution in [1.82, 2.24) is 19.5 Å². The monoisotopic (exact) mass is 444 g/mol. The lowest BCUT2D eigenvalue weighted by Gasteiger charge is -2.13. The molecule has 5 rings (SSSR count). The maximum atomic E-state index is 6.03. The molecule has 1 aliphatic rings. The Balaban J connectivity index is 1.28. The number of hydrogen-bond acceptors (Lipinski definition) is 3. The van der Waals surface area contributed by atoms with Gasteiger partial charge in [0.2, 0.25) is 0 Å². The highest BCUT2D eigenvalue weighted by Gasteiger charge is 2.11. The van der Waals surface area contributed by atoms with Gasteiger partial charge in [-0.25, -0.2) is 9.50 Å². The van der Waals surface area contributed by atoms with Gasteiger partial charge in [0.25, 0.3) is 0 Å². The minimum atomic E-state index is 0.501. The van der Waals surface area contributed by atoms with Crippen LogP contribution in [0.1, 0.15) is 41.8 Å². The second-order valence-electron chi connectivity index (χ2n) is 8.69. The Hall–Kier alpha value is -2.69. The predicted octanol–water partition coefficient (Wildman–Crippen LogP) is 5.75. The van der Waals surface area contributed by atoms with Crippen LogP contribution in [0, 0.1) is 0 Å². The van der Waals surface area contributed by atoms with E-state index < -0.39 is 0 Å². The van der Waals surface area contributed by atoms with Crippen molar-refractivity contribution in [3.05, 3.63) is 89.2 Å². The number of halogens is 1. The highest BCUT2D eigenvalue weighted by atomic mass is 35.5. The number of rotatable bonds is 8. The van der Waals surface area contributed by atoms with Crippen LogP contribution in [0.4, 0.5) is 0 Å². The fourth-order valence-electron chi connectivity index (χ4n) is 4.58. The molecule has 2 aromatic heterocycles. The number of aromatic nitrogens is 3. The number of nitrogens with zero attached hydrogens (tertiary/aromatic N) is 4. The minimum Gasteiger partial charge on any atom is -0.303 e. The van der Waals surface area contributed by atoms with E-state index in [2.05, 4.69) is 47.4 Å². The average molecular weight is 445 g/mol. The van der Waals surface area contributed by atoms with Crippen LogP contribution in [0.25, 0.3) is 16.9 Å². The first kappa shape index (κ1) is 21.2. The second kappa shape index (κ2) is 9.85. The lowest BCUT2D eigenvalue weighted by atomic mass is 10.1. The average Bonchev–Trinajstić information content (AvgIpc) is 3.49. The lowest BCUT2D eigenvalue weighted by molar-refractivity contribution is 0.334. The first-order chi connectivity index (χ1) is 15.8. The summed E-state index contributed by atoms with van der Waals surface area (Å²) in [6.45, 7) is 3.79. The van der Waals surface area contributed by atoms with Crippen molar-refractivity contribution in [3.8, 4) is 11.3 Å². The molecule has 0 N–H and O–H groups in total. The molecule has 1 aliphatic heterocycles. The molecule has 0 atom stereocenters. The smallest absolute Gasteiger partial charge is 0.156 e. The van der Waals surface area contributed by atoms with Crippen molar-refractivity contribution >= 4 is 17.2 Å². The number of benzene rings is 2. The number of aryl methyl sites for hydroxylation is 1. The van der Waals surface area contributed by atoms with Crippen LogP contribution in [0.3, 0.4) is 0 Å². The van der Waals surface area contributed by atoms with Crippen molar-refractivity contribution in [1.29, 1.82) is 0 Å². The van der Waals surface area contributed by atoms with Gasteiger partial charge in [0, 0.05) is 17.9 Å². The summed E-state index contributed by atoms with van der Waals surface area (Å²) in [5, 5.41) is 4.82. The molecule has 0 radical (unpaired) electrons. The zero-order valence-electron chi connectivity index (χ0n) is 18.4. The van der Waals surface area contributed by atoms with E-state index in [1.54, 1.807) is 0 Å². The first-order valence-corrected chi connectivity index (χ1v) is 12.1. The van der Waals surface area contributed by atoms with E-state index in [-0.39, 0.29) is 0 Å². The van der Waals surface area contributed by atoms with E-state index in [0.29, 0.717) is 5.88 Å². The molecule has 0 spiro atoms. The van der Waals surface area contributed by atoms with Gasteiger partial charge in [-0.15, -0.1) is 11.6 Å². The van der Waals surface area contributed by atoms with Crippen LogP contribution in [-0.2, 0) is 18.7 Å². The van der Waals surface area contributed by atoms with Crippen molar-refractivity contribution in [2.75, 3.05) is 19.6 Å². The molecule has 0 bridgehead atoms. The Bertz CT molecular complexity index is 1180. The van der Waals surface area contributed by atoms with E-state index >= 15 is 0 Å². The van der Waals surface area contributed by atoms with Gasteiger partial charge in [0.1, 0.15) is 0 Å². The largest absolute Gasteiger partial charge is 0.303 e. The normalized spacial score (nSPS) is 14.4. The third-order valence-corrected chi connectivity index (χ3v) is 6.61. The SMILES string of the molecule is ClCc1cccc(-c2cccc3nc(Cc4ccc(CCCN5CCCC5)cc4)nn23)c1. The third kappa shape index (κ3) is 4.87. The van der Waals surface area contributed by atoms with E-state index in [4.69, 9.17) is 21.7 Å². The van der Waals surface area contributed by atoms with E-state index in [1.807, 2.05) is 28.8 Å². The van der Waals surface area contributed by atoms with Crippen LogP contribution >= 0.6 is 11.6 Å². The maximum absolute atomic E-state index is 6.03. The molecule has 0 saturated carbocycles. The topological polar surface area (TPSA) is 33.4 Å². The second-order valence-corrected chi connectivity index (χ2v) is 8.96. The summed E-state index contributed by atoms with van der Waals surface area (Å²) in [6, 6.07) is 23.4. The molecule has 1 fully saturated rings. The van der Waals surface area contributed by atoms with Gasteiger partial charge in [-0.2, -0.15) is 5.10 Å². The maximum Gasteiger partial charge on any atom is 0.156 e. The van der Waals surface area contributed by atoms with Crippen LogP contribution in [-0.4, -0.2) is 39.1 Å². The van der Waals surface area contributed by atoms with Gasteiger partial charge in [-0.3, -0.25) is 0 Å². The third-order valence-electron chi connectivity index (χ3n) is 6.30. The number of pyridine rings is 1. The Kier molecular flexibility index (Phi) is 6.51. The molecule has 0 unspecified atom stereocenters. The quantitative estimate of drug-likeness (QED) is 0.324. The van der Waals surface area contributed by atoms with E-state index in [1.165, 1.54) is 50.0 Å². The first-order valence-electron chi connectivity index (χ1n) is 11.6. The molecule has 164 valence electrons. The Morgan fingerprint density at radius 2 is 1.62 bits per heavy atom. The standard InChI is InChI=1S/C27H29ClN4/c28-20-23-6-3-8-24(18-23)25-9-4-10-27-29-26(30-32(25)27)19-22-13-11-21(12-14-22)7-5-17-31-15-1-2-16-31/h3-4,6,8-14,18H,1-2,5,7,15-17,19-20H2. The van der Waals surface area contributed by atoms with E-state index in [9.17, 15) is 0 Å². The van der Waals surface area contributed by atoms with Crippen LogP contribution < -0.4 is 0 Å². The zero-order valence-corrected chi connectivity index (χ0v) is 19.1. The summed E-state index contributed by atoms with van der Waals surface area (Å²) in [6.07, 6.45) is 5.85. The Morgan fingerprint density at radius 3 is 2.44 bits per heavy atom. The van der Waals surface area contributed by atoms with Gasteiger partial charge in [0.15, 0.2) is 11.5 Å². The van der Waals surface area contributed by atoms with Crippen LogP contribution in [0.2, 0.25) is 0 Å². The van der Waals surface area contributed by atoms with Crippen molar-refractivity contribution in [3.63, 3.8) is 0 Å². The zero-order chi connectivity index (χ0) is 21.8. The Labute approximate surface area is 194 Å². The number of hydrogen-bond donors (Lipinski definition) is 0. The van der Waals surface area contributed by atoms with E-state index in [0.717, 1.165) is 41.1 Å². The summed E-state index contributed by atoms with van der Waals surface area (Å²) < 4.78 is 1.94. The van der Waals surface area contributed by atoms with Crippen molar-refractivity contribution in [2.24, 2.45) is 0 Å². The molecule has 2 aromatic carbocycles. The van der Waals surface area contributed by atoms with Gasteiger partial charge in [0.05, 0.1) is 5.69 Å². The molecule has 0 amide bonds. The number of likely N-dealkylation sites (tertiary alicyclic amines) is 1. The molecule has 1 saturated heterocycles. The van der Waals surface area contributed by atoms with Crippen LogP contribution in [0.5, 0.6) is 0 Å². The molecular formula is C27H29ClN4. The molecule has 32 heavy (non-hydrogen) atoms. The minimum absolute atomic E-state index is 0.501. The number of alkyl halides is 1. The molecule has 4 aromatic rings. The van der Waals surface area contributed by atoms with Gasteiger partial charge in [-0.1, -0.05) is 48.5 Å². The summed E-state index contributed by atoms with van der Waals surface area (Å²) in [5.41, 5.74) is 6.76.